The molecule has 1 saturated carbocycles. The molecule has 0 amide bonds. The van der Waals surface area contributed by atoms with Gasteiger partial charge in [0.15, 0.2) is 25.5 Å². The number of hydrogen-bond acceptors (Lipinski definition) is 5. The summed E-state index contributed by atoms with van der Waals surface area (Å²) in [7, 11) is -7.05. The van der Waals surface area contributed by atoms with Crippen LogP contribution in [-0.2, 0) is 24.5 Å². The van der Waals surface area contributed by atoms with Crippen molar-refractivity contribution in [3.05, 3.63) is 24.3 Å². The van der Waals surface area contributed by atoms with Crippen LogP contribution in [0.3, 0.4) is 0 Å². The lowest BCUT2D eigenvalue weighted by Crippen LogP contribution is -2.25. The molecule has 19 heavy (non-hydrogen) atoms. The van der Waals surface area contributed by atoms with Gasteiger partial charge < -0.3 is 0 Å². The fourth-order valence-electron chi connectivity index (χ4n) is 2.15. The average molecular weight is 302 g/mol. The molecule has 0 saturated heterocycles. The predicted molar refractivity (Wildman–Crippen MR) is 69.4 cm³/mol. The molecule has 2 rings (SSSR count). The number of hydrogen-bond donors (Lipinski definition) is 0. The van der Waals surface area contributed by atoms with Gasteiger partial charge in [0.25, 0.3) is 0 Å². The van der Waals surface area contributed by atoms with E-state index in [0.717, 1.165) is 6.26 Å². The van der Waals surface area contributed by atoms with E-state index in [9.17, 15) is 21.6 Å². The molecule has 1 aromatic rings. The van der Waals surface area contributed by atoms with Gasteiger partial charge in [-0.25, -0.2) is 16.8 Å². The molecule has 7 heteroatoms. The van der Waals surface area contributed by atoms with Crippen molar-refractivity contribution in [1.82, 2.24) is 0 Å². The van der Waals surface area contributed by atoms with Crippen LogP contribution < -0.4 is 0 Å². The molecule has 0 heterocycles. The third kappa shape index (κ3) is 2.71. The highest BCUT2D eigenvalue weighted by molar-refractivity contribution is 7.93. The van der Waals surface area contributed by atoms with Gasteiger partial charge in [-0.3, -0.25) is 4.79 Å². The van der Waals surface area contributed by atoms with Gasteiger partial charge in [-0.05, 0) is 37.1 Å². The highest BCUT2D eigenvalue weighted by atomic mass is 32.2. The summed E-state index contributed by atoms with van der Waals surface area (Å²) in [4.78, 5) is 11.6. The SMILES string of the molecule is CS(=O)(=O)c1ccc(S(=O)(=O)C2CCCC2=O)cc1. The second-order valence-corrected chi connectivity index (χ2v) is 8.78. The van der Waals surface area contributed by atoms with Crippen LogP contribution in [0.25, 0.3) is 0 Å². The van der Waals surface area contributed by atoms with Crippen molar-refractivity contribution < 1.29 is 21.6 Å². The fraction of sp³-hybridized carbons (Fsp3) is 0.417. The van der Waals surface area contributed by atoms with Gasteiger partial charge in [0.2, 0.25) is 0 Å². The van der Waals surface area contributed by atoms with Gasteiger partial charge >= 0.3 is 0 Å². The largest absolute Gasteiger partial charge is 0.298 e. The van der Waals surface area contributed by atoms with Gasteiger partial charge in [-0.2, -0.15) is 0 Å². The van der Waals surface area contributed by atoms with Crippen LogP contribution in [-0.4, -0.2) is 34.1 Å². The molecule has 104 valence electrons. The van der Waals surface area contributed by atoms with Crippen molar-refractivity contribution in [3.8, 4) is 0 Å². The molecule has 1 aliphatic rings. The van der Waals surface area contributed by atoms with E-state index in [1.165, 1.54) is 24.3 Å². The molecule has 0 bridgehead atoms. The van der Waals surface area contributed by atoms with Crippen LogP contribution in [0.2, 0.25) is 0 Å². The summed E-state index contributed by atoms with van der Waals surface area (Å²) in [6, 6.07) is 5.00. The van der Waals surface area contributed by atoms with E-state index in [4.69, 9.17) is 0 Å². The Hall–Kier alpha value is -1.21. The minimum atomic E-state index is -3.69. The molecule has 1 unspecified atom stereocenters. The minimum Gasteiger partial charge on any atom is -0.298 e. The second-order valence-electron chi connectivity index (χ2n) is 4.64. The summed E-state index contributed by atoms with van der Waals surface area (Å²) in [6.07, 6.45) is 2.28. The first-order valence-corrected chi connectivity index (χ1v) is 9.23. The molecule has 1 aromatic carbocycles. The summed E-state index contributed by atoms with van der Waals surface area (Å²) in [5.41, 5.74) is 0. The first-order valence-electron chi connectivity index (χ1n) is 5.79. The van der Waals surface area contributed by atoms with Crippen LogP contribution in [0, 0.1) is 0 Å². The molecule has 1 aliphatic carbocycles. The van der Waals surface area contributed by atoms with Gasteiger partial charge in [-0.15, -0.1) is 0 Å². The summed E-state index contributed by atoms with van der Waals surface area (Å²) in [6.45, 7) is 0. The number of carbonyl (C=O) groups excluding carboxylic acids is 1. The zero-order chi connectivity index (χ0) is 14.3. The lowest BCUT2D eigenvalue weighted by molar-refractivity contribution is -0.117. The number of benzene rings is 1. The summed E-state index contributed by atoms with van der Waals surface area (Å²) >= 11 is 0. The van der Waals surface area contributed by atoms with Crippen LogP contribution in [0.15, 0.2) is 34.1 Å². The molecule has 5 nitrogen and oxygen atoms in total. The van der Waals surface area contributed by atoms with Crippen LogP contribution in [0.4, 0.5) is 0 Å². The predicted octanol–water partition coefficient (Wildman–Crippen LogP) is 0.985. The Bertz CT molecular complexity index is 699. The monoisotopic (exact) mass is 302 g/mol. The van der Waals surface area contributed by atoms with Gasteiger partial charge in [0.05, 0.1) is 9.79 Å². The highest BCUT2D eigenvalue weighted by Gasteiger charge is 2.37. The molecule has 0 radical (unpaired) electrons. The maximum absolute atomic E-state index is 12.2. The second kappa shape index (κ2) is 4.72. The van der Waals surface area contributed by atoms with Crippen LogP contribution in [0.5, 0.6) is 0 Å². The van der Waals surface area contributed by atoms with E-state index < -0.39 is 24.9 Å². The zero-order valence-corrected chi connectivity index (χ0v) is 12.0. The first-order chi connectivity index (χ1) is 8.73. The topological polar surface area (TPSA) is 85.3 Å². The van der Waals surface area contributed by atoms with E-state index in [1.54, 1.807) is 0 Å². The van der Waals surface area contributed by atoms with E-state index >= 15 is 0 Å². The lowest BCUT2D eigenvalue weighted by atomic mass is 10.3. The molecular formula is C12H14O5S2. The van der Waals surface area contributed by atoms with Crippen molar-refractivity contribution in [2.45, 2.75) is 34.3 Å². The quantitative estimate of drug-likeness (QED) is 0.831. The van der Waals surface area contributed by atoms with Crippen molar-refractivity contribution in [3.63, 3.8) is 0 Å². The number of carbonyl (C=O) groups is 1. The molecule has 0 N–H and O–H groups in total. The van der Waals surface area contributed by atoms with E-state index in [1.807, 2.05) is 0 Å². The van der Waals surface area contributed by atoms with Crippen molar-refractivity contribution in [2.75, 3.05) is 6.26 Å². The summed E-state index contributed by atoms with van der Waals surface area (Å²) < 4.78 is 47.1. The smallest absolute Gasteiger partial charge is 0.188 e. The lowest BCUT2D eigenvalue weighted by Gasteiger charge is -2.10. The zero-order valence-electron chi connectivity index (χ0n) is 10.4. The maximum Gasteiger partial charge on any atom is 0.188 e. The van der Waals surface area contributed by atoms with Crippen LogP contribution >= 0.6 is 0 Å². The van der Waals surface area contributed by atoms with Crippen molar-refractivity contribution in [2.24, 2.45) is 0 Å². The Morgan fingerprint density at radius 2 is 1.53 bits per heavy atom. The van der Waals surface area contributed by atoms with E-state index in [2.05, 4.69) is 0 Å². The Morgan fingerprint density at radius 3 is 1.95 bits per heavy atom. The third-order valence-corrected chi connectivity index (χ3v) is 6.51. The van der Waals surface area contributed by atoms with Crippen molar-refractivity contribution >= 4 is 25.5 Å². The standard InChI is InChI=1S/C12H14O5S2/c1-18(14,15)9-5-7-10(8-6-9)19(16,17)12-4-2-3-11(12)13/h5-8,12H,2-4H2,1H3. The summed E-state index contributed by atoms with van der Waals surface area (Å²) in [5, 5.41) is -0.975. The van der Waals surface area contributed by atoms with Gasteiger partial charge in [0, 0.05) is 12.7 Å². The van der Waals surface area contributed by atoms with E-state index in [-0.39, 0.29) is 15.6 Å². The molecule has 0 spiro atoms. The average Bonchev–Trinajstić information content (AvgIpc) is 2.75. The molecule has 0 aromatic heterocycles. The Morgan fingerprint density at radius 1 is 1.00 bits per heavy atom. The maximum atomic E-state index is 12.2. The molecule has 0 aliphatic heterocycles. The summed E-state index contributed by atoms with van der Waals surface area (Å²) in [5.74, 6) is -0.257. The molecule has 1 atom stereocenters. The fourth-order valence-corrected chi connectivity index (χ4v) is 4.57. The molecular weight excluding hydrogens is 288 g/mol. The number of rotatable bonds is 3. The first kappa shape index (κ1) is 14.2. The van der Waals surface area contributed by atoms with Gasteiger partial charge in [0.1, 0.15) is 5.25 Å². The Balaban J connectivity index is 2.40. The minimum absolute atomic E-state index is 0.000139. The van der Waals surface area contributed by atoms with Crippen LogP contribution in [0.1, 0.15) is 19.3 Å². The Kier molecular flexibility index (Phi) is 3.53. The highest BCUT2D eigenvalue weighted by Crippen LogP contribution is 2.27. The van der Waals surface area contributed by atoms with Crippen molar-refractivity contribution in [1.29, 1.82) is 0 Å². The van der Waals surface area contributed by atoms with E-state index in [0.29, 0.717) is 19.3 Å². The molecule has 1 fully saturated rings. The normalized spacial score (nSPS) is 20.7. The Labute approximate surface area is 112 Å². The third-order valence-electron chi connectivity index (χ3n) is 3.20. The van der Waals surface area contributed by atoms with Gasteiger partial charge in [-0.1, -0.05) is 0 Å². The number of ketones is 1. The number of sulfone groups is 2. The number of Topliss-reactive ketones (excluding diaryl/α,β-unsaturated/α-hetero) is 1.